The number of rotatable bonds is 0. The van der Waals surface area contributed by atoms with Crippen molar-refractivity contribution >= 4 is 32.3 Å². The molecular weight excluding hydrogens is 456 g/mol. The van der Waals surface area contributed by atoms with Gasteiger partial charge in [-0.25, -0.2) is 0 Å². The van der Waals surface area contributed by atoms with Crippen LogP contribution in [0.1, 0.15) is 0 Å². The molecule has 36 heavy (non-hydrogen) atoms. The summed E-state index contributed by atoms with van der Waals surface area (Å²) in [5.41, 5.74) is 0. The van der Waals surface area contributed by atoms with E-state index in [1.165, 1.54) is 36.4 Å². The van der Waals surface area contributed by atoms with Crippen LogP contribution >= 0.6 is 0 Å². The van der Waals surface area contributed by atoms with Crippen molar-refractivity contribution in [3.8, 4) is 34.5 Å². The molecule has 6 nitrogen and oxygen atoms in total. The van der Waals surface area contributed by atoms with Crippen molar-refractivity contribution in [3.63, 3.8) is 0 Å². The average Bonchev–Trinajstić information content (AvgIpc) is 2.84. The zero-order chi connectivity index (χ0) is 25.7. The number of phenols is 6. The third-order valence-corrected chi connectivity index (χ3v) is 4.71. The predicted molar refractivity (Wildman–Crippen MR) is 128 cm³/mol. The second kappa shape index (κ2) is 9.75. The van der Waals surface area contributed by atoms with Crippen molar-refractivity contribution in [1.29, 1.82) is 0 Å². The topological polar surface area (TPSA) is 121 Å². The van der Waals surface area contributed by atoms with Gasteiger partial charge in [0.15, 0.2) is 34.5 Å². The standard InChI is InChI=1S/C30H12O6/c31-25-13-19-7-1-2-8-20-14-26(32)28(34)16-22(20)10-5-6-12-24-18-30(36)29(35)17-23(24)11-4-3-9-21(19)15-27(25)33/h13-18,31-36H. The van der Waals surface area contributed by atoms with Crippen molar-refractivity contribution in [2.45, 2.75) is 0 Å². The highest BCUT2D eigenvalue weighted by molar-refractivity contribution is 5.84. The molecule has 0 saturated heterocycles. The molecule has 4 aromatic rings. The van der Waals surface area contributed by atoms with Crippen LogP contribution in [0.2, 0.25) is 0 Å². The van der Waals surface area contributed by atoms with E-state index in [1.54, 1.807) is 0 Å². The number of benzene rings is 3. The van der Waals surface area contributed by atoms with E-state index < -0.39 is 34.5 Å². The van der Waals surface area contributed by atoms with Crippen molar-refractivity contribution in [2.75, 3.05) is 0 Å². The maximum Gasteiger partial charge on any atom is 0.158 e. The average molecular weight is 468 g/mol. The van der Waals surface area contributed by atoms with Gasteiger partial charge < -0.3 is 30.6 Å². The van der Waals surface area contributed by atoms with Gasteiger partial charge in [-0.1, -0.05) is 36.4 Å². The minimum Gasteiger partial charge on any atom is -0.504 e. The second-order valence-electron chi connectivity index (χ2n) is 7.16. The maximum atomic E-state index is 9.86. The van der Waals surface area contributed by atoms with Crippen LogP contribution in [-0.4, -0.2) is 30.6 Å². The highest BCUT2D eigenvalue weighted by Gasteiger charge is 2.01. The molecule has 0 bridgehead atoms. The van der Waals surface area contributed by atoms with Crippen LogP contribution in [0.15, 0.2) is 36.4 Å². The van der Waals surface area contributed by atoms with E-state index in [1.807, 2.05) is 0 Å². The van der Waals surface area contributed by atoms with E-state index >= 15 is 0 Å². The Kier molecular flexibility index (Phi) is 6.23. The molecule has 0 saturated carbocycles. The van der Waals surface area contributed by atoms with Gasteiger partial charge in [0.05, 0.1) is 0 Å². The Morgan fingerprint density at radius 2 is 0.417 bits per heavy atom. The first-order valence-electron chi connectivity index (χ1n) is 10.1. The van der Waals surface area contributed by atoms with E-state index in [9.17, 15) is 30.6 Å². The summed E-state index contributed by atoms with van der Waals surface area (Å²) in [7, 11) is 0. The second-order valence-corrected chi connectivity index (χ2v) is 7.16. The molecule has 4 aromatic carbocycles. The molecule has 6 heteroatoms. The highest BCUT2D eigenvalue weighted by atomic mass is 16.3. The third-order valence-electron chi connectivity index (χ3n) is 4.71. The molecule has 0 aliphatic carbocycles. The lowest BCUT2D eigenvalue weighted by Gasteiger charge is -1.96. The summed E-state index contributed by atoms with van der Waals surface area (Å²) in [6.07, 6.45) is 0. The summed E-state index contributed by atoms with van der Waals surface area (Å²) in [5.74, 6) is -2.36. The molecule has 0 heterocycles. The Balaban J connectivity index is 2.09. The molecule has 0 spiro atoms. The number of aromatic hydroxyl groups is 6. The van der Waals surface area contributed by atoms with Crippen LogP contribution in [0.3, 0.4) is 0 Å². The molecule has 0 aliphatic heterocycles. The first kappa shape index (κ1) is 23.0. The van der Waals surface area contributed by atoms with Crippen LogP contribution in [0.4, 0.5) is 0 Å². The number of fused-ring (bicyclic) bond motifs is 3. The molecule has 0 fully saturated rings. The monoisotopic (exact) mass is 468 g/mol. The third kappa shape index (κ3) is 5.07. The number of phenolic OH excluding ortho intramolecular Hbond substituents is 6. The van der Waals surface area contributed by atoms with Gasteiger partial charge in [0.1, 0.15) is 0 Å². The van der Waals surface area contributed by atoms with E-state index in [-0.39, 0.29) is 32.3 Å². The zero-order valence-electron chi connectivity index (χ0n) is 18.1. The van der Waals surface area contributed by atoms with Gasteiger partial charge >= 0.3 is 0 Å². The summed E-state index contributed by atoms with van der Waals surface area (Å²) in [5, 5.41) is 60.8. The predicted octanol–water partition coefficient (Wildman–Crippen LogP) is 4.36. The molecule has 168 valence electrons. The molecule has 0 aliphatic rings. The number of hydrogen-bond donors (Lipinski definition) is 6. The largest absolute Gasteiger partial charge is 0.504 e. The van der Waals surface area contributed by atoms with Crippen LogP contribution in [0.5, 0.6) is 34.5 Å². The van der Waals surface area contributed by atoms with Crippen molar-refractivity contribution in [2.24, 2.45) is 0 Å². The summed E-state index contributed by atoms with van der Waals surface area (Å²) >= 11 is 0. The molecule has 4 rings (SSSR count). The Labute approximate surface area is 206 Å². The van der Waals surface area contributed by atoms with Gasteiger partial charge in [-0.15, -0.1) is 0 Å². The van der Waals surface area contributed by atoms with E-state index in [0.29, 0.717) is 0 Å². The molecule has 6 N–H and O–H groups in total. The lowest BCUT2D eigenvalue weighted by atomic mass is 10.2. The highest BCUT2D eigenvalue weighted by Crippen LogP contribution is 2.29. The zero-order valence-corrected chi connectivity index (χ0v) is 18.1. The normalized spacial score (nSPS) is 9.00. The first-order chi connectivity index (χ1) is 17.3. The van der Waals surface area contributed by atoms with Crippen LogP contribution < -0.4 is 0 Å². The summed E-state index contributed by atoms with van der Waals surface area (Å²) in [6.45, 7) is 0. The molecule has 0 radical (unpaired) electrons. The van der Waals surface area contributed by atoms with Crippen molar-refractivity contribution in [1.82, 2.24) is 0 Å². The minimum absolute atomic E-state index is 0.275. The lowest BCUT2D eigenvalue weighted by Crippen LogP contribution is -1.70. The van der Waals surface area contributed by atoms with Crippen LogP contribution in [0.25, 0.3) is 32.3 Å². The Hall–Kier alpha value is -6.18. The van der Waals surface area contributed by atoms with Gasteiger partial charge in [0, 0.05) is 68.7 Å². The SMILES string of the molecule is Oc1cc2c#cc#cc3cc(O)c(O)cc3c#cc#cc3cc(O)c(O)cc3c#cc#cc2cc1O. The lowest BCUT2D eigenvalue weighted by molar-refractivity contribution is 0.405. The molecule has 0 unspecified atom stereocenters. The van der Waals surface area contributed by atoms with Crippen molar-refractivity contribution < 1.29 is 30.6 Å². The quantitative estimate of drug-likeness (QED) is 0.213. The van der Waals surface area contributed by atoms with Gasteiger partial charge in [-0.05, 0) is 36.4 Å². The summed E-state index contributed by atoms with van der Waals surface area (Å²) in [4.78, 5) is 0. The fourth-order valence-corrected chi connectivity index (χ4v) is 2.94. The van der Waals surface area contributed by atoms with Crippen LogP contribution in [-0.2, 0) is 0 Å². The van der Waals surface area contributed by atoms with E-state index in [4.69, 9.17) is 0 Å². The minimum atomic E-state index is -0.394. The molecule has 0 amide bonds. The van der Waals surface area contributed by atoms with Crippen molar-refractivity contribution in [3.05, 3.63) is 109 Å². The van der Waals surface area contributed by atoms with Gasteiger partial charge in [0.2, 0.25) is 0 Å². The molecule has 0 atom stereocenters. The maximum absolute atomic E-state index is 9.86. The smallest absolute Gasteiger partial charge is 0.158 e. The first-order valence-corrected chi connectivity index (χ1v) is 10.1. The van der Waals surface area contributed by atoms with Gasteiger partial charge in [-0.2, -0.15) is 0 Å². The number of hydrogen-bond acceptors (Lipinski definition) is 6. The summed E-state index contributed by atoms with van der Waals surface area (Å²) < 4.78 is 0. The fraction of sp³-hybridized carbons (Fsp3) is 0. The molecule has 0 aromatic heterocycles. The van der Waals surface area contributed by atoms with Gasteiger partial charge in [-0.3, -0.25) is 0 Å². The van der Waals surface area contributed by atoms with E-state index in [2.05, 4.69) is 72.8 Å². The Morgan fingerprint density at radius 3 is 0.556 bits per heavy atom. The fourth-order valence-electron chi connectivity index (χ4n) is 2.94. The summed E-state index contributed by atoms with van der Waals surface area (Å²) in [6, 6.07) is 39.5. The van der Waals surface area contributed by atoms with E-state index in [0.717, 1.165) is 0 Å². The Morgan fingerprint density at radius 1 is 0.278 bits per heavy atom. The Bertz CT molecular complexity index is 1340. The molecular formula is C30H12O6. The van der Waals surface area contributed by atoms with Gasteiger partial charge in [0.25, 0.3) is 0 Å². The van der Waals surface area contributed by atoms with Crippen LogP contribution in [0, 0.1) is 72.8 Å².